The lowest BCUT2D eigenvalue weighted by Crippen LogP contribution is -2.18. The molecule has 0 aliphatic carbocycles. The Morgan fingerprint density at radius 3 is 2.84 bits per heavy atom. The van der Waals surface area contributed by atoms with Gasteiger partial charge in [-0.1, -0.05) is 18.5 Å². The molecule has 0 bridgehead atoms. The summed E-state index contributed by atoms with van der Waals surface area (Å²) in [7, 11) is 1.91. The van der Waals surface area contributed by atoms with Crippen LogP contribution in [-0.4, -0.2) is 26.1 Å². The maximum Gasteiger partial charge on any atom is 0.0866 e. The molecule has 0 aliphatic rings. The minimum Gasteiger partial charge on any atom is -0.311 e. The van der Waals surface area contributed by atoms with E-state index in [-0.39, 0.29) is 0 Å². The summed E-state index contributed by atoms with van der Waals surface area (Å²) < 4.78 is 3.79. The number of halogens is 1. The highest BCUT2D eigenvalue weighted by Crippen LogP contribution is 2.20. The SMILES string of the molecule is CCCNCc1ccnn1Cc1c(Cl)c(C)nn1C. The van der Waals surface area contributed by atoms with E-state index in [2.05, 4.69) is 22.4 Å². The smallest absolute Gasteiger partial charge is 0.0866 e. The summed E-state index contributed by atoms with van der Waals surface area (Å²) in [6.45, 7) is 6.55. The second kappa shape index (κ2) is 6.21. The number of aryl methyl sites for hydroxylation is 2. The predicted molar refractivity (Wildman–Crippen MR) is 76.3 cm³/mol. The molecule has 0 amide bonds. The number of nitrogens with zero attached hydrogens (tertiary/aromatic N) is 4. The summed E-state index contributed by atoms with van der Waals surface area (Å²) in [6, 6.07) is 2.03. The molecule has 0 unspecified atom stereocenters. The van der Waals surface area contributed by atoms with E-state index in [0.717, 1.165) is 41.6 Å². The van der Waals surface area contributed by atoms with Crippen LogP contribution in [0.25, 0.3) is 0 Å². The third kappa shape index (κ3) is 3.16. The van der Waals surface area contributed by atoms with Crippen molar-refractivity contribution >= 4 is 11.6 Å². The van der Waals surface area contributed by atoms with Crippen molar-refractivity contribution in [3.8, 4) is 0 Å². The van der Waals surface area contributed by atoms with Crippen LogP contribution in [0.15, 0.2) is 12.3 Å². The highest BCUT2D eigenvalue weighted by molar-refractivity contribution is 6.31. The summed E-state index contributed by atoms with van der Waals surface area (Å²) in [5.41, 5.74) is 3.00. The van der Waals surface area contributed by atoms with E-state index in [1.54, 1.807) is 0 Å². The molecular formula is C13H20ClN5. The third-order valence-corrected chi connectivity index (χ3v) is 3.59. The topological polar surface area (TPSA) is 47.7 Å². The van der Waals surface area contributed by atoms with Gasteiger partial charge in [0.15, 0.2) is 0 Å². The van der Waals surface area contributed by atoms with Gasteiger partial charge in [-0.15, -0.1) is 0 Å². The number of nitrogens with one attached hydrogen (secondary N) is 1. The Balaban J connectivity index is 2.13. The maximum absolute atomic E-state index is 6.27. The van der Waals surface area contributed by atoms with Crippen molar-refractivity contribution < 1.29 is 0 Å². The van der Waals surface area contributed by atoms with Gasteiger partial charge in [-0.05, 0) is 26.0 Å². The number of hydrogen-bond acceptors (Lipinski definition) is 3. The standard InChI is InChI=1S/C13H20ClN5/c1-4-6-15-8-11-5-7-16-19(11)9-12-13(14)10(2)17-18(12)3/h5,7,15H,4,6,8-9H2,1-3H3. The van der Waals surface area contributed by atoms with Crippen LogP contribution in [-0.2, 0) is 20.1 Å². The predicted octanol–water partition coefficient (Wildman–Crippen LogP) is 2.13. The fraction of sp³-hybridized carbons (Fsp3) is 0.538. The van der Waals surface area contributed by atoms with Crippen molar-refractivity contribution in [1.29, 1.82) is 0 Å². The average Bonchev–Trinajstić information content (AvgIpc) is 2.91. The van der Waals surface area contributed by atoms with Crippen LogP contribution in [0.2, 0.25) is 5.02 Å². The average molecular weight is 282 g/mol. The van der Waals surface area contributed by atoms with Crippen molar-refractivity contribution in [2.24, 2.45) is 7.05 Å². The Morgan fingerprint density at radius 2 is 2.21 bits per heavy atom. The third-order valence-electron chi connectivity index (χ3n) is 3.10. The van der Waals surface area contributed by atoms with Crippen molar-refractivity contribution in [1.82, 2.24) is 24.9 Å². The summed E-state index contributed by atoms with van der Waals surface area (Å²) in [5, 5.41) is 12.8. The van der Waals surface area contributed by atoms with Gasteiger partial charge in [-0.25, -0.2) is 0 Å². The first-order chi connectivity index (χ1) is 9.13. The molecular weight excluding hydrogens is 262 g/mol. The first-order valence-electron chi connectivity index (χ1n) is 6.52. The molecule has 2 aromatic rings. The maximum atomic E-state index is 6.27. The first kappa shape index (κ1) is 14.1. The lowest BCUT2D eigenvalue weighted by Gasteiger charge is -2.09. The largest absolute Gasteiger partial charge is 0.311 e. The molecule has 0 spiro atoms. The van der Waals surface area contributed by atoms with E-state index < -0.39 is 0 Å². The van der Waals surface area contributed by atoms with E-state index in [1.807, 2.05) is 35.6 Å². The summed E-state index contributed by atoms with van der Waals surface area (Å²) >= 11 is 6.27. The molecule has 6 heteroatoms. The van der Waals surface area contributed by atoms with Crippen LogP contribution < -0.4 is 5.32 Å². The van der Waals surface area contributed by atoms with Crippen molar-refractivity contribution in [3.05, 3.63) is 34.4 Å². The number of aromatic nitrogens is 4. The van der Waals surface area contributed by atoms with Crippen LogP contribution in [0.4, 0.5) is 0 Å². The summed E-state index contributed by atoms with van der Waals surface area (Å²) in [6.07, 6.45) is 2.95. The highest BCUT2D eigenvalue weighted by atomic mass is 35.5. The molecule has 19 heavy (non-hydrogen) atoms. The van der Waals surface area contributed by atoms with Crippen molar-refractivity contribution in [2.75, 3.05) is 6.54 Å². The van der Waals surface area contributed by atoms with E-state index >= 15 is 0 Å². The molecule has 0 aliphatic heterocycles. The fourth-order valence-corrected chi connectivity index (χ4v) is 2.26. The van der Waals surface area contributed by atoms with Crippen LogP contribution in [0.1, 0.15) is 30.4 Å². The van der Waals surface area contributed by atoms with Gasteiger partial charge in [0.25, 0.3) is 0 Å². The normalized spacial score (nSPS) is 11.2. The molecule has 0 atom stereocenters. The molecule has 2 rings (SSSR count). The molecule has 0 fully saturated rings. The Morgan fingerprint density at radius 1 is 1.42 bits per heavy atom. The van der Waals surface area contributed by atoms with Gasteiger partial charge < -0.3 is 5.32 Å². The van der Waals surface area contributed by atoms with E-state index in [9.17, 15) is 0 Å². The zero-order valence-electron chi connectivity index (χ0n) is 11.6. The van der Waals surface area contributed by atoms with E-state index in [4.69, 9.17) is 11.6 Å². The van der Waals surface area contributed by atoms with Gasteiger partial charge >= 0.3 is 0 Å². The zero-order chi connectivity index (χ0) is 13.8. The number of rotatable bonds is 6. The first-order valence-corrected chi connectivity index (χ1v) is 6.90. The minimum atomic E-state index is 0.645. The Kier molecular flexibility index (Phi) is 4.61. The molecule has 0 saturated carbocycles. The molecule has 5 nitrogen and oxygen atoms in total. The van der Waals surface area contributed by atoms with E-state index in [1.165, 1.54) is 0 Å². The van der Waals surface area contributed by atoms with Crippen LogP contribution in [0.3, 0.4) is 0 Å². The van der Waals surface area contributed by atoms with Gasteiger partial charge in [-0.3, -0.25) is 9.36 Å². The molecule has 0 aromatic carbocycles. The van der Waals surface area contributed by atoms with E-state index in [0.29, 0.717) is 6.54 Å². The van der Waals surface area contributed by atoms with Gasteiger partial charge in [-0.2, -0.15) is 10.2 Å². The second-order valence-electron chi connectivity index (χ2n) is 4.63. The van der Waals surface area contributed by atoms with Crippen LogP contribution in [0.5, 0.6) is 0 Å². The monoisotopic (exact) mass is 281 g/mol. The number of hydrogen-bond donors (Lipinski definition) is 1. The van der Waals surface area contributed by atoms with Gasteiger partial charge in [0, 0.05) is 19.8 Å². The Hall–Kier alpha value is -1.33. The molecule has 2 aromatic heterocycles. The lowest BCUT2D eigenvalue weighted by atomic mass is 10.3. The van der Waals surface area contributed by atoms with Crippen molar-refractivity contribution in [3.63, 3.8) is 0 Å². The molecule has 0 saturated heterocycles. The Labute approximate surface area is 118 Å². The molecule has 0 radical (unpaired) electrons. The van der Waals surface area contributed by atoms with Crippen molar-refractivity contribution in [2.45, 2.75) is 33.4 Å². The molecule has 2 heterocycles. The highest BCUT2D eigenvalue weighted by Gasteiger charge is 2.13. The van der Waals surface area contributed by atoms with Gasteiger partial charge in [0.2, 0.25) is 0 Å². The zero-order valence-corrected chi connectivity index (χ0v) is 12.4. The minimum absolute atomic E-state index is 0.645. The lowest BCUT2D eigenvalue weighted by molar-refractivity contribution is 0.568. The second-order valence-corrected chi connectivity index (χ2v) is 5.00. The fourth-order valence-electron chi connectivity index (χ4n) is 2.04. The summed E-state index contributed by atoms with van der Waals surface area (Å²) in [5.74, 6) is 0. The summed E-state index contributed by atoms with van der Waals surface area (Å²) in [4.78, 5) is 0. The van der Waals surface area contributed by atoms with Crippen LogP contribution in [0, 0.1) is 6.92 Å². The quantitative estimate of drug-likeness (QED) is 0.825. The Bertz CT molecular complexity index is 543. The molecule has 1 N–H and O–H groups in total. The van der Waals surface area contributed by atoms with Crippen LogP contribution >= 0.6 is 11.6 Å². The van der Waals surface area contributed by atoms with Gasteiger partial charge in [0.05, 0.1) is 28.6 Å². The molecule has 104 valence electrons. The van der Waals surface area contributed by atoms with Gasteiger partial charge in [0.1, 0.15) is 0 Å².